The Hall–Kier alpha value is -2.62. The Morgan fingerprint density at radius 2 is 1.29 bits per heavy atom. The summed E-state index contributed by atoms with van der Waals surface area (Å²) in [6.07, 6.45) is 7.58. The molecule has 126 valence electrons. The second-order valence-corrected chi connectivity index (χ2v) is 5.97. The molecule has 2 aliphatic carbocycles. The summed E-state index contributed by atoms with van der Waals surface area (Å²) in [5.41, 5.74) is 6.47. The lowest BCUT2D eigenvalue weighted by Gasteiger charge is -2.12. The minimum atomic E-state index is -0.562. The summed E-state index contributed by atoms with van der Waals surface area (Å²) in [5.74, 6) is -1.12. The maximum Gasteiger partial charge on any atom is 0.338 e. The fourth-order valence-electron chi connectivity index (χ4n) is 3.14. The van der Waals surface area contributed by atoms with Crippen molar-refractivity contribution in [1.29, 1.82) is 0 Å². The molecular weight excluding hydrogens is 304 g/mol. The number of carbonyl (C=O) groups excluding carboxylic acids is 2. The van der Waals surface area contributed by atoms with Crippen molar-refractivity contribution >= 4 is 11.9 Å². The first-order valence-corrected chi connectivity index (χ1v) is 7.69. The number of rotatable bonds is 2. The number of esters is 2. The second-order valence-electron chi connectivity index (χ2n) is 5.97. The van der Waals surface area contributed by atoms with Crippen LogP contribution >= 0.6 is 0 Å². The fourth-order valence-corrected chi connectivity index (χ4v) is 3.14. The van der Waals surface area contributed by atoms with E-state index >= 15 is 0 Å². The van der Waals surface area contributed by atoms with Gasteiger partial charge in [-0.1, -0.05) is 17.7 Å². The van der Waals surface area contributed by atoms with Crippen LogP contribution in [0.15, 0.2) is 68.9 Å². The zero-order chi connectivity index (χ0) is 18.0. The van der Waals surface area contributed by atoms with E-state index in [9.17, 15) is 9.59 Å². The quantitative estimate of drug-likeness (QED) is 0.725. The monoisotopic (exact) mass is 326 g/mol. The Balaban J connectivity index is 2.84. The van der Waals surface area contributed by atoms with Crippen molar-refractivity contribution in [2.45, 2.75) is 27.7 Å². The second kappa shape index (κ2) is 6.87. The van der Waals surface area contributed by atoms with Gasteiger partial charge in [0.05, 0.1) is 25.4 Å². The van der Waals surface area contributed by atoms with Crippen molar-refractivity contribution in [2.24, 2.45) is 0 Å². The average molecular weight is 326 g/mol. The molecule has 4 heteroatoms. The number of carbonyl (C=O) groups is 2. The van der Waals surface area contributed by atoms with Crippen molar-refractivity contribution in [3.63, 3.8) is 0 Å². The summed E-state index contributed by atoms with van der Waals surface area (Å²) in [6, 6.07) is 0. The molecule has 0 heterocycles. The van der Waals surface area contributed by atoms with Gasteiger partial charge in [-0.05, 0) is 67.7 Å². The molecule has 0 radical (unpaired) electrons. The highest BCUT2D eigenvalue weighted by molar-refractivity contribution is 6.08. The number of allylic oxidation sites excluding steroid dienone is 10. The standard InChI is InChI=1S/C20H22O4/c1-11-7-12(2)15-10-17(20(22)24-6)16(19(21)23-5)9-14(4)18(15)13(3)8-11/h7-10H,1-6H3. The van der Waals surface area contributed by atoms with Gasteiger partial charge >= 0.3 is 11.9 Å². The van der Waals surface area contributed by atoms with Gasteiger partial charge in [0.25, 0.3) is 0 Å². The van der Waals surface area contributed by atoms with Gasteiger partial charge in [-0.15, -0.1) is 0 Å². The third-order valence-corrected chi connectivity index (χ3v) is 4.12. The lowest BCUT2D eigenvalue weighted by atomic mass is 9.92. The van der Waals surface area contributed by atoms with Crippen LogP contribution in [0.5, 0.6) is 0 Å². The van der Waals surface area contributed by atoms with E-state index < -0.39 is 11.9 Å². The fraction of sp³-hybridized carbons (Fsp3) is 0.300. The molecule has 0 amide bonds. The molecule has 0 unspecified atom stereocenters. The van der Waals surface area contributed by atoms with E-state index in [1.165, 1.54) is 14.2 Å². The molecule has 0 aromatic rings. The minimum Gasteiger partial charge on any atom is -0.465 e. The number of methoxy groups -OCH3 is 2. The van der Waals surface area contributed by atoms with E-state index in [-0.39, 0.29) is 11.1 Å². The van der Waals surface area contributed by atoms with Crippen molar-refractivity contribution in [2.75, 3.05) is 14.2 Å². The number of fused-ring (bicyclic) bond motifs is 1. The lowest BCUT2D eigenvalue weighted by Crippen LogP contribution is -2.15. The topological polar surface area (TPSA) is 52.6 Å². The molecule has 0 aliphatic heterocycles. The SMILES string of the molecule is COC(=O)C1=CC(C)=C2C(C)=CC(C)=CC(C)=C2C=C1C(=O)OC. The van der Waals surface area contributed by atoms with E-state index in [2.05, 4.69) is 12.2 Å². The highest BCUT2D eigenvalue weighted by Gasteiger charge is 2.27. The van der Waals surface area contributed by atoms with Gasteiger partial charge in [0.15, 0.2) is 0 Å². The van der Waals surface area contributed by atoms with Gasteiger partial charge in [-0.3, -0.25) is 0 Å². The van der Waals surface area contributed by atoms with Crippen LogP contribution in [0.4, 0.5) is 0 Å². The molecular formula is C20H22O4. The molecule has 2 aliphatic rings. The highest BCUT2D eigenvalue weighted by Crippen LogP contribution is 2.36. The van der Waals surface area contributed by atoms with Crippen LogP contribution in [-0.4, -0.2) is 26.2 Å². The lowest BCUT2D eigenvalue weighted by molar-refractivity contribution is -0.139. The van der Waals surface area contributed by atoms with Gasteiger partial charge in [0, 0.05) is 0 Å². The molecule has 0 saturated carbocycles. The van der Waals surface area contributed by atoms with Crippen LogP contribution in [0.3, 0.4) is 0 Å². The maximum atomic E-state index is 12.3. The van der Waals surface area contributed by atoms with E-state index in [4.69, 9.17) is 9.47 Å². The van der Waals surface area contributed by atoms with E-state index in [0.717, 1.165) is 33.4 Å². The molecule has 2 rings (SSSR count). The summed E-state index contributed by atoms with van der Waals surface area (Å²) in [4.78, 5) is 24.4. The molecule has 0 aromatic carbocycles. The summed E-state index contributed by atoms with van der Waals surface area (Å²) in [6.45, 7) is 7.98. The molecule has 0 fully saturated rings. The predicted octanol–water partition coefficient (Wildman–Crippen LogP) is 3.74. The average Bonchev–Trinajstić information content (AvgIpc) is 2.75. The molecule has 4 nitrogen and oxygen atoms in total. The van der Waals surface area contributed by atoms with Gasteiger partial charge in [-0.2, -0.15) is 0 Å². The van der Waals surface area contributed by atoms with Crippen molar-refractivity contribution in [1.82, 2.24) is 0 Å². The Labute approximate surface area is 142 Å². The van der Waals surface area contributed by atoms with Crippen molar-refractivity contribution in [3.05, 3.63) is 68.9 Å². The number of hydrogen-bond acceptors (Lipinski definition) is 4. The Kier molecular flexibility index (Phi) is 5.07. The summed E-state index contributed by atoms with van der Waals surface area (Å²) >= 11 is 0. The Morgan fingerprint density at radius 1 is 0.750 bits per heavy atom. The number of hydrogen-bond donors (Lipinski definition) is 0. The van der Waals surface area contributed by atoms with Crippen LogP contribution in [0, 0.1) is 0 Å². The van der Waals surface area contributed by atoms with Crippen LogP contribution in [-0.2, 0) is 19.1 Å². The molecule has 0 spiro atoms. The smallest absolute Gasteiger partial charge is 0.338 e. The third kappa shape index (κ3) is 3.18. The zero-order valence-corrected chi connectivity index (χ0v) is 14.9. The van der Waals surface area contributed by atoms with Gasteiger partial charge in [0.2, 0.25) is 0 Å². The van der Waals surface area contributed by atoms with Gasteiger partial charge in [-0.25, -0.2) is 9.59 Å². The molecule has 0 bridgehead atoms. The Bertz CT molecular complexity index is 795. The van der Waals surface area contributed by atoms with E-state index in [1.807, 2.05) is 27.7 Å². The van der Waals surface area contributed by atoms with E-state index in [0.29, 0.717) is 0 Å². The van der Waals surface area contributed by atoms with Crippen LogP contribution < -0.4 is 0 Å². The van der Waals surface area contributed by atoms with Gasteiger partial charge < -0.3 is 9.47 Å². The maximum absolute atomic E-state index is 12.3. The summed E-state index contributed by atoms with van der Waals surface area (Å²) < 4.78 is 9.72. The molecule has 0 atom stereocenters. The third-order valence-electron chi connectivity index (χ3n) is 4.12. The number of ether oxygens (including phenoxy) is 2. The molecule has 0 aromatic heterocycles. The van der Waals surface area contributed by atoms with Gasteiger partial charge in [0.1, 0.15) is 0 Å². The van der Waals surface area contributed by atoms with Crippen LogP contribution in [0.2, 0.25) is 0 Å². The van der Waals surface area contributed by atoms with Crippen molar-refractivity contribution in [3.8, 4) is 0 Å². The minimum absolute atomic E-state index is 0.203. The summed E-state index contributed by atoms with van der Waals surface area (Å²) in [5, 5.41) is 0. The summed E-state index contributed by atoms with van der Waals surface area (Å²) in [7, 11) is 2.60. The predicted molar refractivity (Wildman–Crippen MR) is 93.1 cm³/mol. The zero-order valence-electron chi connectivity index (χ0n) is 14.9. The first-order valence-electron chi connectivity index (χ1n) is 7.69. The Morgan fingerprint density at radius 3 is 1.83 bits per heavy atom. The largest absolute Gasteiger partial charge is 0.465 e. The first kappa shape index (κ1) is 17.7. The molecule has 0 saturated heterocycles. The molecule has 24 heavy (non-hydrogen) atoms. The molecule has 0 N–H and O–H groups in total. The van der Waals surface area contributed by atoms with Crippen molar-refractivity contribution < 1.29 is 19.1 Å². The first-order chi connectivity index (χ1) is 11.3. The van der Waals surface area contributed by atoms with E-state index in [1.54, 1.807) is 12.2 Å². The van der Waals surface area contributed by atoms with Crippen LogP contribution in [0.1, 0.15) is 27.7 Å². The van der Waals surface area contributed by atoms with Crippen LogP contribution in [0.25, 0.3) is 0 Å². The normalized spacial score (nSPS) is 17.8. The highest BCUT2D eigenvalue weighted by atomic mass is 16.5.